The standard InChI is InChI=1S/C21H17ClN4O2S/c1-11-8-12(2)17(23-9-11)16-10-29-21(25-16)26-20(27)19-18(24-13(3)28-19)14-4-6-15(22)7-5-14/h4-10H,1-3H3,(H,25,26,27). The first-order valence-corrected chi connectivity index (χ1v) is 10.1. The number of oxazole rings is 1. The number of benzene rings is 1. The summed E-state index contributed by atoms with van der Waals surface area (Å²) in [7, 11) is 0. The van der Waals surface area contributed by atoms with E-state index in [2.05, 4.69) is 26.3 Å². The quantitative estimate of drug-likeness (QED) is 0.455. The van der Waals surface area contributed by atoms with Gasteiger partial charge in [-0.25, -0.2) is 9.97 Å². The van der Waals surface area contributed by atoms with Crippen LogP contribution in [0.25, 0.3) is 22.6 Å². The van der Waals surface area contributed by atoms with E-state index in [4.69, 9.17) is 16.0 Å². The lowest BCUT2D eigenvalue weighted by Crippen LogP contribution is -2.12. The number of anilines is 1. The van der Waals surface area contributed by atoms with E-state index in [1.807, 2.05) is 19.2 Å². The number of thiazole rings is 1. The van der Waals surface area contributed by atoms with Crippen molar-refractivity contribution in [3.63, 3.8) is 0 Å². The van der Waals surface area contributed by atoms with Crippen LogP contribution in [0, 0.1) is 20.8 Å². The van der Waals surface area contributed by atoms with E-state index in [0.717, 1.165) is 28.1 Å². The second-order valence-corrected chi connectivity index (χ2v) is 7.88. The molecule has 0 saturated carbocycles. The number of aryl methyl sites for hydroxylation is 3. The summed E-state index contributed by atoms with van der Waals surface area (Å²) in [4.78, 5) is 26.1. The number of halogens is 1. The van der Waals surface area contributed by atoms with Gasteiger partial charge >= 0.3 is 0 Å². The van der Waals surface area contributed by atoms with Crippen molar-refractivity contribution in [2.75, 3.05) is 5.32 Å². The van der Waals surface area contributed by atoms with Gasteiger partial charge < -0.3 is 4.42 Å². The van der Waals surface area contributed by atoms with Gasteiger partial charge in [0.25, 0.3) is 5.91 Å². The third-order valence-electron chi connectivity index (χ3n) is 4.24. The molecular weight excluding hydrogens is 408 g/mol. The molecule has 0 fully saturated rings. The van der Waals surface area contributed by atoms with E-state index in [1.54, 1.807) is 37.4 Å². The van der Waals surface area contributed by atoms with Crippen molar-refractivity contribution in [1.29, 1.82) is 0 Å². The minimum absolute atomic E-state index is 0.131. The Morgan fingerprint density at radius 1 is 1.10 bits per heavy atom. The SMILES string of the molecule is Cc1cnc(-c2csc(NC(=O)c3oc(C)nc3-c3ccc(Cl)cc3)n2)c(C)c1. The molecule has 0 aliphatic carbocycles. The number of pyridine rings is 1. The third-order valence-corrected chi connectivity index (χ3v) is 5.25. The smallest absolute Gasteiger partial charge is 0.295 e. The van der Waals surface area contributed by atoms with Crippen LogP contribution in [0.4, 0.5) is 5.13 Å². The Balaban J connectivity index is 1.59. The Hall–Kier alpha value is -3.03. The van der Waals surface area contributed by atoms with Crippen LogP contribution < -0.4 is 5.32 Å². The molecule has 146 valence electrons. The first-order chi connectivity index (χ1) is 13.9. The number of nitrogens with one attached hydrogen (secondary N) is 1. The largest absolute Gasteiger partial charge is 0.435 e. The van der Waals surface area contributed by atoms with Gasteiger partial charge in [0.2, 0.25) is 5.76 Å². The fourth-order valence-corrected chi connectivity index (χ4v) is 3.78. The fraction of sp³-hybridized carbons (Fsp3) is 0.143. The number of aromatic nitrogens is 3. The predicted octanol–water partition coefficient (Wildman–Crippen LogP) is 5.69. The number of hydrogen-bond donors (Lipinski definition) is 1. The van der Waals surface area contributed by atoms with E-state index in [1.165, 1.54) is 11.3 Å². The van der Waals surface area contributed by atoms with Gasteiger partial charge in [0.05, 0.1) is 5.69 Å². The van der Waals surface area contributed by atoms with Crippen LogP contribution in [0.5, 0.6) is 0 Å². The maximum Gasteiger partial charge on any atom is 0.295 e. The summed E-state index contributed by atoms with van der Waals surface area (Å²) in [5.74, 6) is 0.121. The second kappa shape index (κ2) is 7.77. The summed E-state index contributed by atoms with van der Waals surface area (Å²) in [6, 6.07) is 9.13. The maximum absolute atomic E-state index is 12.8. The molecule has 0 unspecified atom stereocenters. The zero-order chi connectivity index (χ0) is 20.5. The lowest BCUT2D eigenvalue weighted by Gasteiger charge is -2.03. The molecule has 4 rings (SSSR count). The van der Waals surface area contributed by atoms with Crippen LogP contribution >= 0.6 is 22.9 Å². The number of nitrogens with zero attached hydrogens (tertiary/aromatic N) is 3. The summed E-state index contributed by atoms with van der Waals surface area (Å²) < 4.78 is 5.57. The van der Waals surface area contributed by atoms with Crippen molar-refractivity contribution in [2.24, 2.45) is 0 Å². The molecule has 1 aromatic carbocycles. The monoisotopic (exact) mass is 424 g/mol. The highest BCUT2D eigenvalue weighted by Crippen LogP contribution is 2.29. The summed E-state index contributed by atoms with van der Waals surface area (Å²) in [6.45, 7) is 5.68. The van der Waals surface area contributed by atoms with Gasteiger partial charge in [-0.05, 0) is 37.1 Å². The van der Waals surface area contributed by atoms with Crippen molar-refractivity contribution in [3.05, 3.63) is 69.7 Å². The first-order valence-electron chi connectivity index (χ1n) is 8.84. The topological polar surface area (TPSA) is 80.9 Å². The minimum Gasteiger partial charge on any atom is -0.435 e. The van der Waals surface area contributed by atoms with Crippen LogP contribution in [0.2, 0.25) is 5.02 Å². The molecule has 4 aromatic rings. The molecule has 0 aliphatic rings. The number of carbonyl (C=O) groups excluding carboxylic acids is 1. The van der Waals surface area contributed by atoms with E-state index in [9.17, 15) is 4.79 Å². The Morgan fingerprint density at radius 2 is 1.86 bits per heavy atom. The highest BCUT2D eigenvalue weighted by Gasteiger charge is 2.22. The van der Waals surface area contributed by atoms with E-state index >= 15 is 0 Å². The Morgan fingerprint density at radius 3 is 2.59 bits per heavy atom. The molecular formula is C21H17ClN4O2S. The molecule has 1 N–H and O–H groups in total. The van der Waals surface area contributed by atoms with Crippen LogP contribution in [0.3, 0.4) is 0 Å². The first kappa shape index (κ1) is 19.3. The minimum atomic E-state index is -0.412. The molecule has 3 aromatic heterocycles. The second-order valence-electron chi connectivity index (χ2n) is 6.59. The third kappa shape index (κ3) is 4.06. The van der Waals surface area contributed by atoms with Crippen molar-refractivity contribution in [3.8, 4) is 22.6 Å². The molecule has 0 radical (unpaired) electrons. The Kier molecular flexibility index (Phi) is 5.17. The molecule has 29 heavy (non-hydrogen) atoms. The predicted molar refractivity (Wildman–Crippen MR) is 114 cm³/mol. The van der Waals surface area contributed by atoms with Gasteiger partial charge in [-0.2, -0.15) is 0 Å². The molecule has 6 nitrogen and oxygen atoms in total. The molecule has 0 bridgehead atoms. The van der Waals surface area contributed by atoms with Gasteiger partial charge in [-0.3, -0.25) is 15.1 Å². The summed E-state index contributed by atoms with van der Waals surface area (Å²) in [5.41, 5.74) is 4.84. The molecule has 8 heteroatoms. The van der Waals surface area contributed by atoms with Gasteiger partial charge in [0.1, 0.15) is 11.4 Å². The molecule has 0 aliphatic heterocycles. The van der Waals surface area contributed by atoms with Crippen LogP contribution in [0.15, 0.2) is 46.3 Å². The summed E-state index contributed by atoms with van der Waals surface area (Å²) in [6.07, 6.45) is 1.80. The number of carbonyl (C=O) groups is 1. The maximum atomic E-state index is 12.8. The fourth-order valence-electron chi connectivity index (χ4n) is 2.96. The van der Waals surface area contributed by atoms with Crippen LogP contribution in [-0.4, -0.2) is 20.9 Å². The van der Waals surface area contributed by atoms with Crippen LogP contribution in [-0.2, 0) is 0 Å². The summed E-state index contributed by atoms with van der Waals surface area (Å²) >= 11 is 7.28. The Labute approximate surface area is 176 Å². The van der Waals surface area contributed by atoms with E-state index in [0.29, 0.717) is 21.7 Å². The van der Waals surface area contributed by atoms with Crippen LogP contribution in [0.1, 0.15) is 27.6 Å². The normalized spacial score (nSPS) is 10.9. The van der Waals surface area contributed by atoms with Crippen molar-refractivity contribution < 1.29 is 9.21 Å². The average Bonchev–Trinajstić information content (AvgIpc) is 3.29. The highest BCUT2D eigenvalue weighted by atomic mass is 35.5. The molecule has 0 spiro atoms. The van der Waals surface area contributed by atoms with Crippen molar-refractivity contribution >= 4 is 34.0 Å². The highest BCUT2D eigenvalue weighted by molar-refractivity contribution is 7.14. The number of rotatable bonds is 4. The summed E-state index contributed by atoms with van der Waals surface area (Å²) in [5, 5.41) is 5.73. The molecule has 1 amide bonds. The lowest BCUT2D eigenvalue weighted by molar-refractivity contribution is 0.0996. The van der Waals surface area contributed by atoms with Crippen molar-refractivity contribution in [1.82, 2.24) is 15.0 Å². The molecule has 0 atom stereocenters. The molecule has 3 heterocycles. The molecule has 0 saturated heterocycles. The number of hydrogen-bond acceptors (Lipinski definition) is 6. The van der Waals surface area contributed by atoms with Gasteiger partial charge in [0.15, 0.2) is 11.0 Å². The van der Waals surface area contributed by atoms with Gasteiger partial charge in [-0.15, -0.1) is 11.3 Å². The number of amides is 1. The van der Waals surface area contributed by atoms with Gasteiger partial charge in [0, 0.05) is 29.1 Å². The van der Waals surface area contributed by atoms with E-state index < -0.39 is 5.91 Å². The zero-order valence-electron chi connectivity index (χ0n) is 16.0. The average molecular weight is 425 g/mol. The lowest BCUT2D eigenvalue weighted by atomic mass is 10.1. The zero-order valence-corrected chi connectivity index (χ0v) is 17.6. The Bertz CT molecular complexity index is 1200. The van der Waals surface area contributed by atoms with E-state index in [-0.39, 0.29) is 5.76 Å². The van der Waals surface area contributed by atoms with Gasteiger partial charge in [-0.1, -0.05) is 29.8 Å². The van der Waals surface area contributed by atoms with Crippen molar-refractivity contribution in [2.45, 2.75) is 20.8 Å².